The number of rotatable bonds is 2. The van der Waals surface area contributed by atoms with E-state index >= 15 is 0 Å². The normalized spacial score (nSPS) is 21.3. The summed E-state index contributed by atoms with van der Waals surface area (Å²) in [5.41, 5.74) is 0. The van der Waals surface area contributed by atoms with Gasteiger partial charge in [0.1, 0.15) is 0 Å². The second-order valence-corrected chi connectivity index (χ2v) is 3.66. The second kappa shape index (κ2) is 4.39. The highest BCUT2D eigenvalue weighted by atomic mass is 16.4. The topological polar surface area (TPSA) is 80.0 Å². The Labute approximate surface area is 87.4 Å². The van der Waals surface area contributed by atoms with Crippen LogP contribution in [0.1, 0.15) is 18.7 Å². The van der Waals surface area contributed by atoms with Crippen molar-refractivity contribution in [1.82, 2.24) is 15.5 Å². The van der Waals surface area contributed by atoms with Crippen LogP contribution in [0, 0.1) is 12.8 Å². The third kappa shape index (κ3) is 2.53. The molecular weight excluding hydrogens is 196 g/mol. The maximum Gasteiger partial charge on any atom is 0.322 e. The minimum atomic E-state index is -0.0501. The van der Waals surface area contributed by atoms with Gasteiger partial charge in [-0.2, -0.15) is 0 Å². The van der Waals surface area contributed by atoms with Crippen LogP contribution in [0.25, 0.3) is 0 Å². The van der Waals surface area contributed by atoms with Gasteiger partial charge in [0.05, 0.1) is 5.92 Å². The van der Waals surface area contributed by atoms with Crippen LogP contribution >= 0.6 is 0 Å². The van der Waals surface area contributed by atoms with Crippen LogP contribution in [0.2, 0.25) is 0 Å². The van der Waals surface area contributed by atoms with Crippen molar-refractivity contribution in [2.24, 2.45) is 5.92 Å². The van der Waals surface area contributed by atoms with Gasteiger partial charge < -0.3 is 9.73 Å². The first kappa shape index (κ1) is 10.1. The Morgan fingerprint density at radius 1 is 1.60 bits per heavy atom. The minimum absolute atomic E-state index is 0.00551. The number of aromatic nitrogens is 2. The van der Waals surface area contributed by atoms with E-state index in [2.05, 4.69) is 20.8 Å². The van der Waals surface area contributed by atoms with Crippen LogP contribution in [0.15, 0.2) is 4.42 Å². The fraction of sp³-hybridized carbons (Fsp3) is 0.667. The van der Waals surface area contributed by atoms with Gasteiger partial charge in [-0.25, -0.2) is 0 Å². The number of nitrogens with one attached hydrogen (secondary N) is 2. The van der Waals surface area contributed by atoms with E-state index in [0.29, 0.717) is 5.89 Å². The van der Waals surface area contributed by atoms with Gasteiger partial charge in [-0.1, -0.05) is 5.10 Å². The number of aryl methyl sites for hydroxylation is 1. The summed E-state index contributed by atoms with van der Waals surface area (Å²) in [6.45, 7) is 3.40. The Morgan fingerprint density at radius 2 is 2.47 bits per heavy atom. The molecule has 6 nitrogen and oxygen atoms in total. The summed E-state index contributed by atoms with van der Waals surface area (Å²) >= 11 is 0. The highest BCUT2D eigenvalue weighted by Crippen LogP contribution is 2.13. The molecule has 2 rings (SSSR count). The molecule has 1 fully saturated rings. The van der Waals surface area contributed by atoms with E-state index in [1.807, 2.05) is 0 Å². The van der Waals surface area contributed by atoms with E-state index in [0.717, 1.165) is 25.9 Å². The zero-order valence-corrected chi connectivity index (χ0v) is 8.62. The van der Waals surface area contributed by atoms with E-state index in [1.54, 1.807) is 6.92 Å². The molecule has 0 spiro atoms. The molecule has 0 unspecified atom stereocenters. The van der Waals surface area contributed by atoms with Crippen LogP contribution in [0.5, 0.6) is 0 Å². The maximum absolute atomic E-state index is 11.7. The molecule has 1 aromatic heterocycles. The zero-order chi connectivity index (χ0) is 10.7. The van der Waals surface area contributed by atoms with Crippen molar-refractivity contribution < 1.29 is 9.21 Å². The second-order valence-electron chi connectivity index (χ2n) is 3.66. The summed E-state index contributed by atoms with van der Waals surface area (Å²) in [6.07, 6.45) is 1.94. The molecule has 0 aliphatic carbocycles. The zero-order valence-electron chi connectivity index (χ0n) is 8.62. The molecule has 1 saturated heterocycles. The van der Waals surface area contributed by atoms with Crippen molar-refractivity contribution in [2.75, 3.05) is 18.4 Å². The molecule has 1 aliphatic rings. The molecule has 15 heavy (non-hydrogen) atoms. The summed E-state index contributed by atoms with van der Waals surface area (Å²) < 4.78 is 5.07. The summed E-state index contributed by atoms with van der Waals surface area (Å²) in [5.74, 6) is 0.406. The highest BCUT2D eigenvalue weighted by molar-refractivity contribution is 5.90. The van der Waals surface area contributed by atoms with Gasteiger partial charge in [-0.15, -0.1) is 5.10 Å². The lowest BCUT2D eigenvalue weighted by atomic mass is 9.99. The molecule has 0 radical (unpaired) electrons. The van der Waals surface area contributed by atoms with Crippen molar-refractivity contribution in [2.45, 2.75) is 19.8 Å². The largest absolute Gasteiger partial charge is 0.408 e. The van der Waals surface area contributed by atoms with Gasteiger partial charge in [-0.05, 0) is 19.4 Å². The van der Waals surface area contributed by atoms with Gasteiger partial charge >= 0.3 is 6.01 Å². The van der Waals surface area contributed by atoms with Crippen molar-refractivity contribution in [3.8, 4) is 0 Å². The standard InChI is InChI=1S/C9H14N4O2/c1-6-12-13-9(15-6)11-8(14)7-3-2-4-10-5-7/h7,10H,2-5H2,1H3,(H,11,13,14)/t7-/m1/s1. The summed E-state index contributed by atoms with van der Waals surface area (Å²) in [5, 5.41) is 13.1. The van der Waals surface area contributed by atoms with Gasteiger partial charge in [0.15, 0.2) is 0 Å². The Morgan fingerprint density at radius 3 is 3.07 bits per heavy atom. The van der Waals surface area contributed by atoms with Crippen molar-refractivity contribution in [1.29, 1.82) is 0 Å². The first-order valence-corrected chi connectivity index (χ1v) is 5.07. The molecule has 82 valence electrons. The monoisotopic (exact) mass is 210 g/mol. The van der Waals surface area contributed by atoms with Gasteiger partial charge in [0, 0.05) is 13.5 Å². The highest BCUT2D eigenvalue weighted by Gasteiger charge is 2.22. The molecule has 0 saturated carbocycles. The lowest BCUT2D eigenvalue weighted by molar-refractivity contribution is -0.120. The van der Waals surface area contributed by atoms with E-state index < -0.39 is 0 Å². The lowest BCUT2D eigenvalue weighted by Gasteiger charge is -2.20. The third-order valence-corrected chi connectivity index (χ3v) is 2.42. The van der Waals surface area contributed by atoms with Gasteiger partial charge in [-0.3, -0.25) is 10.1 Å². The SMILES string of the molecule is Cc1nnc(NC(=O)[C@@H]2CCCNC2)o1. The van der Waals surface area contributed by atoms with Crippen molar-refractivity contribution >= 4 is 11.9 Å². The number of nitrogens with zero attached hydrogens (tertiary/aromatic N) is 2. The van der Waals surface area contributed by atoms with E-state index in [9.17, 15) is 4.79 Å². The van der Waals surface area contributed by atoms with Gasteiger partial charge in [0.25, 0.3) is 0 Å². The molecule has 1 atom stereocenters. The van der Waals surface area contributed by atoms with Crippen LogP contribution in [-0.4, -0.2) is 29.2 Å². The molecule has 1 aromatic rings. The van der Waals surface area contributed by atoms with Crippen molar-refractivity contribution in [3.63, 3.8) is 0 Å². The summed E-state index contributed by atoms with van der Waals surface area (Å²) in [6, 6.07) is 0.183. The molecule has 2 heterocycles. The Hall–Kier alpha value is -1.43. The first-order valence-electron chi connectivity index (χ1n) is 5.07. The number of carbonyl (C=O) groups excluding carboxylic acids is 1. The molecule has 6 heteroatoms. The van der Waals surface area contributed by atoms with E-state index in [1.165, 1.54) is 0 Å². The Balaban J connectivity index is 1.91. The number of carbonyl (C=O) groups is 1. The predicted octanol–water partition coefficient (Wildman–Crippen LogP) is 0.316. The average molecular weight is 210 g/mol. The number of piperidine rings is 1. The number of hydrogen-bond donors (Lipinski definition) is 2. The fourth-order valence-corrected chi connectivity index (χ4v) is 1.63. The quantitative estimate of drug-likeness (QED) is 0.734. The minimum Gasteiger partial charge on any atom is -0.408 e. The third-order valence-electron chi connectivity index (χ3n) is 2.42. The molecule has 1 aliphatic heterocycles. The first-order chi connectivity index (χ1) is 7.25. The van der Waals surface area contributed by atoms with Crippen molar-refractivity contribution in [3.05, 3.63) is 5.89 Å². The smallest absolute Gasteiger partial charge is 0.322 e. The lowest BCUT2D eigenvalue weighted by Crippen LogP contribution is -2.37. The van der Waals surface area contributed by atoms with E-state index in [-0.39, 0.29) is 17.8 Å². The summed E-state index contributed by atoms with van der Waals surface area (Å²) in [7, 11) is 0. The number of amides is 1. The molecular formula is C9H14N4O2. The molecule has 0 bridgehead atoms. The predicted molar refractivity (Wildman–Crippen MR) is 53.3 cm³/mol. The molecule has 2 N–H and O–H groups in total. The number of hydrogen-bond acceptors (Lipinski definition) is 5. The number of anilines is 1. The molecule has 0 aromatic carbocycles. The van der Waals surface area contributed by atoms with Crippen LogP contribution in [0.3, 0.4) is 0 Å². The Kier molecular flexibility index (Phi) is 2.96. The van der Waals surface area contributed by atoms with Gasteiger partial charge in [0.2, 0.25) is 11.8 Å². The van der Waals surface area contributed by atoms with E-state index in [4.69, 9.17) is 4.42 Å². The summed E-state index contributed by atoms with van der Waals surface area (Å²) in [4.78, 5) is 11.7. The average Bonchev–Trinajstić information content (AvgIpc) is 2.65. The maximum atomic E-state index is 11.7. The van der Waals surface area contributed by atoms with Crippen LogP contribution < -0.4 is 10.6 Å². The fourth-order valence-electron chi connectivity index (χ4n) is 1.63. The van der Waals surface area contributed by atoms with Crippen LogP contribution in [0.4, 0.5) is 6.01 Å². The Bertz CT molecular complexity index is 344. The van der Waals surface area contributed by atoms with Crippen LogP contribution in [-0.2, 0) is 4.79 Å². The molecule has 1 amide bonds.